The normalized spacial score (nSPS) is 11.8. The minimum atomic E-state index is 0. The van der Waals surface area contributed by atoms with E-state index in [1.807, 2.05) is 19.2 Å². The summed E-state index contributed by atoms with van der Waals surface area (Å²) in [5.41, 5.74) is 0. The molecule has 0 aromatic carbocycles. The summed E-state index contributed by atoms with van der Waals surface area (Å²) in [6, 6.07) is 0. The number of hydrogen-bond donors (Lipinski definition) is 1. The van der Waals surface area contributed by atoms with E-state index >= 15 is 0 Å². The maximum Gasteiger partial charge on any atom is 0 e. The summed E-state index contributed by atoms with van der Waals surface area (Å²) in [5.74, 6) is 0. The van der Waals surface area contributed by atoms with Crippen LogP contribution >= 0.6 is 0 Å². The van der Waals surface area contributed by atoms with Crippen molar-refractivity contribution in [3.8, 4) is 0 Å². The van der Waals surface area contributed by atoms with Gasteiger partial charge in [0, 0.05) is 26.2 Å². The molecule has 1 nitrogen and oxygen atoms in total. The Morgan fingerprint density at radius 3 is 2.30 bits per heavy atom. The van der Waals surface area contributed by atoms with Crippen LogP contribution in [0.15, 0.2) is 18.2 Å². The van der Waals surface area contributed by atoms with E-state index in [1.54, 1.807) is 0 Å². The Hall–Kier alpha value is 0.323. The SMILES string of the molecule is CCNC.[C-]1=CC=CC1.[Zr]. The van der Waals surface area contributed by atoms with Crippen LogP contribution in [0.1, 0.15) is 13.3 Å². The summed E-state index contributed by atoms with van der Waals surface area (Å²) in [4.78, 5) is 0. The molecule has 0 saturated heterocycles. The molecule has 0 bridgehead atoms. The fourth-order valence-corrected chi connectivity index (χ4v) is 0.340. The molecule has 2 heteroatoms. The van der Waals surface area contributed by atoms with Crippen molar-refractivity contribution in [2.75, 3.05) is 13.6 Å². The molecule has 0 amide bonds. The second-order valence-corrected chi connectivity index (χ2v) is 1.71. The van der Waals surface area contributed by atoms with Gasteiger partial charge in [-0.05, 0) is 13.6 Å². The first kappa shape index (κ1) is 13.0. The average molecular weight is 215 g/mol. The van der Waals surface area contributed by atoms with Gasteiger partial charge in [0.25, 0.3) is 0 Å². The molecule has 1 N–H and O–H groups in total. The predicted molar refractivity (Wildman–Crippen MR) is 41.2 cm³/mol. The Bertz CT molecular complexity index is 85.4. The molecule has 1 rings (SSSR count). The third-order valence-electron chi connectivity index (χ3n) is 0.939. The van der Waals surface area contributed by atoms with E-state index in [9.17, 15) is 0 Å². The van der Waals surface area contributed by atoms with Gasteiger partial charge in [0.05, 0.1) is 0 Å². The summed E-state index contributed by atoms with van der Waals surface area (Å²) in [6.07, 6.45) is 10.0. The molecule has 0 aromatic rings. The molecular formula is C8H14NZr-. The van der Waals surface area contributed by atoms with Gasteiger partial charge < -0.3 is 5.32 Å². The van der Waals surface area contributed by atoms with Crippen molar-refractivity contribution < 1.29 is 26.2 Å². The number of allylic oxidation sites excluding steroid dienone is 4. The number of hydrogen-bond acceptors (Lipinski definition) is 1. The smallest absolute Gasteiger partial charge is 0 e. The largest absolute Gasteiger partial charge is 0.320 e. The zero-order valence-electron chi connectivity index (χ0n) is 6.65. The van der Waals surface area contributed by atoms with Crippen LogP contribution in [0.4, 0.5) is 0 Å². The molecule has 0 spiro atoms. The molecule has 0 unspecified atom stereocenters. The maximum atomic E-state index is 2.99. The first-order valence-electron chi connectivity index (χ1n) is 3.28. The van der Waals surface area contributed by atoms with Crippen molar-refractivity contribution >= 4 is 0 Å². The second kappa shape index (κ2) is 12.0. The number of rotatable bonds is 1. The van der Waals surface area contributed by atoms with E-state index in [1.165, 1.54) is 0 Å². The van der Waals surface area contributed by atoms with Gasteiger partial charge in [-0.1, -0.05) is 6.92 Å². The minimum absolute atomic E-state index is 0. The molecule has 0 saturated carbocycles. The van der Waals surface area contributed by atoms with E-state index in [4.69, 9.17) is 0 Å². The molecule has 0 atom stereocenters. The molecule has 0 heterocycles. The van der Waals surface area contributed by atoms with Crippen LogP contribution < -0.4 is 5.32 Å². The van der Waals surface area contributed by atoms with Gasteiger partial charge in [-0.3, -0.25) is 6.08 Å². The first-order valence-corrected chi connectivity index (χ1v) is 3.28. The second-order valence-electron chi connectivity index (χ2n) is 1.71. The van der Waals surface area contributed by atoms with Gasteiger partial charge >= 0.3 is 0 Å². The predicted octanol–water partition coefficient (Wildman–Crippen LogP) is 1.53. The summed E-state index contributed by atoms with van der Waals surface area (Å²) < 4.78 is 0. The zero-order chi connectivity index (χ0) is 6.95. The van der Waals surface area contributed by atoms with Gasteiger partial charge in [0.15, 0.2) is 0 Å². The Morgan fingerprint density at radius 2 is 2.20 bits per heavy atom. The fraction of sp³-hybridized carbons (Fsp3) is 0.500. The first-order chi connectivity index (χ1) is 4.41. The molecule has 10 heavy (non-hydrogen) atoms. The third kappa shape index (κ3) is 11.2. The Balaban J connectivity index is 0. The molecule has 1 aliphatic rings. The average Bonchev–Trinajstić information content (AvgIpc) is 2.43. The van der Waals surface area contributed by atoms with Crippen LogP contribution in [0.25, 0.3) is 0 Å². The maximum absolute atomic E-state index is 2.99. The summed E-state index contributed by atoms with van der Waals surface area (Å²) in [5, 5.41) is 2.93. The van der Waals surface area contributed by atoms with Gasteiger partial charge in [-0.2, -0.15) is 6.08 Å². The van der Waals surface area contributed by atoms with Crippen molar-refractivity contribution in [2.24, 2.45) is 0 Å². The van der Waals surface area contributed by atoms with Crippen molar-refractivity contribution in [1.82, 2.24) is 5.32 Å². The van der Waals surface area contributed by atoms with Crippen LogP contribution in [-0.4, -0.2) is 13.6 Å². The van der Waals surface area contributed by atoms with Gasteiger partial charge in [0.2, 0.25) is 0 Å². The van der Waals surface area contributed by atoms with Gasteiger partial charge in [-0.25, -0.2) is 12.2 Å². The molecular weight excluding hydrogens is 201 g/mol. The molecule has 0 radical (unpaired) electrons. The van der Waals surface area contributed by atoms with E-state index in [0.717, 1.165) is 13.0 Å². The Kier molecular flexibility index (Phi) is 15.6. The molecule has 0 fully saturated rings. The van der Waals surface area contributed by atoms with E-state index < -0.39 is 0 Å². The summed E-state index contributed by atoms with van der Waals surface area (Å²) in [7, 11) is 1.93. The van der Waals surface area contributed by atoms with Crippen molar-refractivity contribution in [3.63, 3.8) is 0 Å². The van der Waals surface area contributed by atoms with Gasteiger partial charge in [-0.15, -0.1) is 6.42 Å². The Morgan fingerprint density at radius 1 is 1.60 bits per heavy atom. The topological polar surface area (TPSA) is 12.0 Å². The summed E-state index contributed by atoms with van der Waals surface area (Å²) in [6.45, 7) is 3.14. The van der Waals surface area contributed by atoms with E-state index in [-0.39, 0.29) is 26.2 Å². The monoisotopic (exact) mass is 214 g/mol. The van der Waals surface area contributed by atoms with Crippen LogP contribution in [0.2, 0.25) is 0 Å². The van der Waals surface area contributed by atoms with Crippen molar-refractivity contribution in [1.29, 1.82) is 0 Å². The van der Waals surface area contributed by atoms with Crippen LogP contribution in [0.3, 0.4) is 0 Å². The molecule has 0 aromatic heterocycles. The molecule has 56 valence electrons. The minimum Gasteiger partial charge on any atom is -0.320 e. The third-order valence-corrected chi connectivity index (χ3v) is 0.939. The fourth-order valence-electron chi connectivity index (χ4n) is 0.340. The van der Waals surface area contributed by atoms with Crippen LogP contribution in [0, 0.1) is 6.08 Å². The Labute approximate surface area is 82.7 Å². The molecule has 1 aliphatic carbocycles. The quantitative estimate of drug-likeness (QED) is 0.654. The van der Waals surface area contributed by atoms with Crippen molar-refractivity contribution in [3.05, 3.63) is 24.3 Å². The van der Waals surface area contributed by atoms with Crippen LogP contribution in [-0.2, 0) is 26.2 Å². The molecule has 0 aliphatic heterocycles. The van der Waals surface area contributed by atoms with Gasteiger partial charge in [0.1, 0.15) is 0 Å². The van der Waals surface area contributed by atoms with E-state index in [0.29, 0.717) is 0 Å². The summed E-state index contributed by atoms with van der Waals surface area (Å²) >= 11 is 0. The van der Waals surface area contributed by atoms with E-state index in [2.05, 4.69) is 24.4 Å². The van der Waals surface area contributed by atoms with Crippen LogP contribution in [0.5, 0.6) is 0 Å². The van der Waals surface area contributed by atoms with Crippen molar-refractivity contribution in [2.45, 2.75) is 13.3 Å². The zero-order valence-corrected chi connectivity index (χ0v) is 9.10. The number of nitrogens with one attached hydrogen (secondary N) is 1. The standard InChI is InChI=1S/C5H5.C3H9N.Zr/c1-2-4-5-3-1;1-3-4-2;/h1-3H,4H2;4H,3H2,1-2H3;/q-1;;.